The summed E-state index contributed by atoms with van der Waals surface area (Å²) in [4.78, 5) is 0. The first-order valence-electron chi connectivity index (χ1n) is 3.61. The Labute approximate surface area is 68.9 Å². The molecule has 0 saturated heterocycles. The molecule has 0 aromatic carbocycles. The zero-order chi connectivity index (χ0) is 8.20. The van der Waals surface area contributed by atoms with Crippen LogP contribution in [0.5, 0.6) is 0 Å². The molecule has 0 saturated carbocycles. The topological polar surface area (TPSA) is 18.5 Å². The largest absolute Gasteiger partial charge is 0.440 e. The normalized spacial score (nSPS) is 12.6. The molecule has 0 aliphatic rings. The molecular formula is C5H17O2Si3. The molecular weight excluding hydrogens is 176 g/mol. The average molecular weight is 193 g/mol. The lowest BCUT2D eigenvalue weighted by Gasteiger charge is -2.24. The summed E-state index contributed by atoms with van der Waals surface area (Å²) in [6, 6.07) is 0. The number of hydrogen-bond donors (Lipinski definition) is 0. The van der Waals surface area contributed by atoms with Gasteiger partial charge in [-0.2, -0.15) is 0 Å². The summed E-state index contributed by atoms with van der Waals surface area (Å²) in [7, 11) is -2.40. The fourth-order valence-electron chi connectivity index (χ4n) is 0.879. The Hall–Kier alpha value is 0.571. The van der Waals surface area contributed by atoms with Gasteiger partial charge in [0, 0.05) is 0 Å². The summed E-state index contributed by atoms with van der Waals surface area (Å²) < 4.78 is 11.3. The number of hydrogen-bond acceptors (Lipinski definition) is 2. The zero-order valence-corrected chi connectivity index (χ0v) is 10.8. The van der Waals surface area contributed by atoms with Gasteiger partial charge < -0.3 is 8.23 Å². The third-order valence-electron chi connectivity index (χ3n) is 0.921. The summed E-state index contributed by atoms with van der Waals surface area (Å²) >= 11 is 0. The minimum Gasteiger partial charge on any atom is -0.440 e. The molecule has 0 atom stereocenters. The Bertz CT molecular complexity index is 94.9. The Balaban J connectivity index is 3.63. The van der Waals surface area contributed by atoms with Gasteiger partial charge in [0.05, 0.1) is 0 Å². The first-order valence-corrected chi connectivity index (χ1v) is 10.8. The van der Waals surface area contributed by atoms with Crippen LogP contribution in [0.2, 0.25) is 32.7 Å². The van der Waals surface area contributed by atoms with Crippen molar-refractivity contribution in [1.82, 2.24) is 0 Å². The van der Waals surface area contributed by atoms with Crippen LogP contribution >= 0.6 is 0 Å². The molecule has 0 aliphatic carbocycles. The molecule has 0 amide bonds. The quantitative estimate of drug-likeness (QED) is 0.623. The molecule has 5 heteroatoms. The second kappa shape index (κ2) is 4.45. The summed E-state index contributed by atoms with van der Waals surface area (Å²) in [5, 5.41) is 0. The van der Waals surface area contributed by atoms with Crippen molar-refractivity contribution in [1.29, 1.82) is 0 Å². The maximum Gasteiger partial charge on any atom is 0.310 e. The van der Waals surface area contributed by atoms with E-state index >= 15 is 0 Å². The van der Waals surface area contributed by atoms with Crippen molar-refractivity contribution in [2.75, 3.05) is 0 Å². The third kappa shape index (κ3) is 5.36. The van der Waals surface area contributed by atoms with E-state index < -0.39 is 17.6 Å². The average Bonchev–Trinajstić information content (AvgIpc) is 1.59. The van der Waals surface area contributed by atoms with Crippen LogP contribution in [0.3, 0.4) is 0 Å². The van der Waals surface area contributed by atoms with Gasteiger partial charge in [-0.05, 0) is 32.7 Å². The molecule has 0 aliphatic heterocycles. The summed E-state index contributed by atoms with van der Waals surface area (Å²) in [6.45, 7) is 10.7. The lowest BCUT2D eigenvalue weighted by molar-refractivity contribution is 0.423. The van der Waals surface area contributed by atoms with E-state index in [0.717, 1.165) is 0 Å². The van der Waals surface area contributed by atoms with Gasteiger partial charge >= 0.3 is 8.56 Å². The standard InChI is InChI=1S/C5H17O2Si3/c1-8-6-10(4,5)7-9(2)3/h8-9H,1-5H3. The first-order chi connectivity index (χ1) is 4.48. The van der Waals surface area contributed by atoms with Crippen molar-refractivity contribution in [2.24, 2.45) is 0 Å². The lowest BCUT2D eigenvalue weighted by Crippen LogP contribution is -2.39. The lowest BCUT2D eigenvalue weighted by atomic mass is 11.9. The Kier molecular flexibility index (Phi) is 4.70. The van der Waals surface area contributed by atoms with Crippen LogP contribution in [0, 0.1) is 0 Å². The van der Waals surface area contributed by atoms with Crippen LogP contribution < -0.4 is 0 Å². The molecule has 1 radical (unpaired) electrons. The molecule has 0 aromatic heterocycles. The van der Waals surface area contributed by atoms with E-state index in [4.69, 9.17) is 8.23 Å². The van der Waals surface area contributed by atoms with Crippen molar-refractivity contribution in [3.8, 4) is 0 Å². The SMILES string of the molecule is C[SiH]O[Si](C)(C)O[SiH](C)C. The second-order valence-electron chi connectivity index (χ2n) is 2.92. The molecule has 10 heavy (non-hydrogen) atoms. The van der Waals surface area contributed by atoms with Gasteiger partial charge in [0.15, 0.2) is 18.8 Å². The highest BCUT2D eigenvalue weighted by atomic mass is 28.4. The highest BCUT2D eigenvalue weighted by molar-refractivity contribution is 6.75. The van der Waals surface area contributed by atoms with Crippen LogP contribution in [0.4, 0.5) is 0 Å². The maximum absolute atomic E-state index is 5.75. The van der Waals surface area contributed by atoms with E-state index in [1.54, 1.807) is 0 Å². The molecule has 0 rings (SSSR count). The van der Waals surface area contributed by atoms with Gasteiger partial charge in [-0.25, -0.2) is 0 Å². The van der Waals surface area contributed by atoms with Gasteiger partial charge in [-0.3, -0.25) is 0 Å². The second-order valence-corrected chi connectivity index (χ2v) is 10.2. The Morgan fingerprint density at radius 2 is 1.80 bits per heavy atom. The molecule has 0 bridgehead atoms. The molecule has 0 fully saturated rings. The van der Waals surface area contributed by atoms with Gasteiger partial charge in [0.1, 0.15) is 0 Å². The Morgan fingerprint density at radius 1 is 1.30 bits per heavy atom. The maximum atomic E-state index is 5.75. The minimum atomic E-state index is -1.67. The highest BCUT2D eigenvalue weighted by Crippen LogP contribution is 2.06. The van der Waals surface area contributed by atoms with Crippen LogP contribution in [0.1, 0.15) is 0 Å². The minimum absolute atomic E-state index is 0.147. The fourth-order valence-corrected chi connectivity index (χ4v) is 8.41. The van der Waals surface area contributed by atoms with Crippen molar-refractivity contribution < 1.29 is 8.23 Å². The van der Waals surface area contributed by atoms with Gasteiger partial charge in [0.2, 0.25) is 0 Å². The predicted octanol–water partition coefficient (Wildman–Crippen LogP) is 1.10. The molecule has 0 N–H and O–H groups in total. The van der Waals surface area contributed by atoms with Crippen molar-refractivity contribution >= 4 is 27.4 Å². The highest BCUT2D eigenvalue weighted by Gasteiger charge is 2.24. The van der Waals surface area contributed by atoms with E-state index in [1.165, 1.54) is 0 Å². The van der Waals surface area contributed by atoms with Crippen LogP contribution in [0.15, 0.2) is 0 Å². The molecule has 2 nitrogen and oxygen atoms in total. The van der Waals surface area contributed by atoms with E-state index in [9.17, 15) is 0 Å². The molecule has 0 unspecified atom stereocenters. The fraction of sp³-hybridized carbons (Fsp3) is 1.00. The van der Waals surface area contributed by atoms with Crippen molar-refractivity contribution in [3.63, 3.8) is 0 Å². The molecule has 61 valence electrons. The predicted molar refractivity (Wildman–Crippen MR) is 51.5 cm³/mol. The molecule has 0 aromatic rings. The summed E-state index contributed by atoms with van der Waals surface area (Å²) in [5.74, 6) is 0. The van der Waals surface area contributed by atoms with E-state index in [-0.39, 0.29) is 9.76 Å². The Morgan fingerprint density at radius 3 is 2.10 bits per heavy atom. The first kappa shape index (κ1) is 10.6. The molecule has 0 spiro atoms. The monoisotopic (exact) mass is 193 g/mol. The molecule has 0 heterocycles. The van der Waals surface area contributed by atoms with E-state index in [2.05, 4.69) is 32.7 Å². The van der Waals surface area contributed by atoms with Crippen LogP contribution in [0.25, 0.3) is 0 Å². The summed E-state index contributed by atoms with van der Waals surface area (Å²) in [6.07, 6.45) is 0. The van der Waals surface area contributed by atoms with E-state index in [1.807, 2.05) is 0 Å². The third-order valence-corrected chi connectivity index (χ3v) is 8.29. The summed E-state index contributed by atoms with van der Waals surface area (Å²) in [5.41, 5.74) is 0. The van der Waals surface area contributed by atoms with Crippen LogP contribution in [-0.2, 0) is 8.23 Å². The van der Waals surface area contributed by atoms with Gasteiger partial charge in [-0.15, -0.1) is 0 Å². The van der Waals surface area contributed by atoms with Gasteiger partial charge in [-0.1, -0.05) is 0 Å². The van der Waals surface area contributed by atoms with Crippen molar-refractivity contribution in [2.45, 2.75) is 32.7 Å². The van der Waals surface area contributed by atoms with Crippen molar-refractivity contribution in [3.05, 3.63) is 0 Å². The van der Waals surface area contributed by atoms with E-state index in [0.29, 0.717) is 0 Å². The van der Waals surface area contributed by atoms with Gasteiger partial charge in [0.25, 0.3) is 0 Å². The number of rotatable bonds is 4. The zero-order valence-electron chi connectivity index (χ0n) is 7.47. The van der Waals surface area contributed by atoms with Crippen LogP contribution in [-0.4, -0.2) is 27.4 Å². The smallest absolute Gasteiger partial charge is 0.310 e.